The first-order chi connectivity index (χ1) is 14.2. The number of benzene rings is 1. The number of hydrogen-bond donors (Lipinski definition) is 1. The molecule has 1 aliphatic heterocycles. The van der Waals surface area contributed by atoms with Gasteiger partial charge in [0, 0.05) is 43.0 Å². The third-order valence-electron chi connectivity index (χ3n) is 4.90. The van der Waals surface area contributed by atoms with Crippen LogP contribution in [0, 0.1) is 0 Å². The number of nitrogens with zero attached hydrogens (tertiary/aromatic N) is 5. The van der Waals surface area contributed by atoms with Gasteiger partial charge in [0.15, 0.2) is 11.5 Å². The minimum atomic E-state index is -4.63. The molecule has 2 aromatic heterocycles. The number of carbonyl (C=O) groups is 1. The number of halogens is 3. The zero-order valence-electron chi connectivity index (χ0n) is 15.6. The van der Waals surface area contributed by atoms with E-state index in [0.717, 1.165) is 11.0 Å². The van der Waals surface area contributed by atoms with Crippen molar-refractivity contribution in [3.63, 3.8) is 0 Å². The van der Waals surface area contributed by atoms with Crippen molar-refractivity contribution < 1.29 is 18.0 Å². The highest BCUT2D eigenvalue weighted by Gasteiger charge is 2.50. The van der Waals surface area contributed by atoms with E-state index in [2.05, 4.69) is 19.9 Å². The van der Waals surface area contributed by atoms with Gasteiger partial charge in [-0.05, 0) is 23.3 Å². The van der Waals surface area contributed by atoms with Crippen LogP contribution in [0.5, 0.6) is 0 Å². The SMILES string of the molecule is CN1C(=O)C(c2cccc(-c3cncnc3)c2)(c2cncc(C(F)(F)F)c2)N=C1N. The van der Waals surface area contributed by atoms with Crippen LogP contribution < -0.4 is 5.73 Å². The van der Waals surface area contributed by atoms with E-state index in [0.29, 0.717) is 22.9 Å². The molecule has 1 unspecified atom stereocenters. The summed E-state index contributed by atoms with van der Waals surface area (Å²) in [6.45, 7) is 0. The minimum Gasteiger partial charge on any atom is -0.369 e. The number of rotatable bonds is 3. The van der Waals surface area contributed by atoms with Crippen molar-refractivity contribution in [1.82, 2.24) is 19.9 Å². The molecule has 0 spiro atoms. The van der Waals surface area contributed by atoms with Gasteiger partial charge in [-0.1, -0.05) is 18.2 Å². The Morgan fingerprint density at radius 2 is 1.70 bits per heavy atom. The lowest BCUT2D eigenvalue weighted by atomic mass is 9.82. The van der Waals surface area contributed by atoms with Crippen molar-refractivity contribution in [2.75, 3.05) is 7.05 Å². The first-order valence-electron chi connectivity index (χ1n) is 8.75. The van der Waals surface area contributed by atoms with Crippen molar-refractivity contribution >= 4 is 11.9 Å². The Bertz CT molecular complexity index is 1150. The number of carbonyl (C=O) groups excluding carboxylic acids is 1. The highest BCUT2D eigenvalue weighted by atomic mass is 19.4. The maximum Gasteiger partial charge on any atom is 0.417 e. The molecule has 0 bridgehead atoms. The molecule has 1 amide bonds. The molecule has 0 radical (unpaired) electrons. The average Bonchev–Trinajstić information content (AvgIpc) is 2.99. The lowest BCUT2D eigenvalue weighted by molar-refractivity contribution is -0.138. The summed E-state index contributed by atoms with van der Waals surface area (Å²) in [6.07, 6.45) is 1.82. The van der Waals surface area contributed by atoms with E-state index in [-0.39, 0.29) is 11.5 Å². The molecule has 1 atom stereocenters. The quantitative estimate of drug-likeness (QED) is 0.713. The molecule has 152 valence electrons. The summed E-state index contributed by atoms with van der Waals surface area (Å²) in [4.78, 5) is 30.3. The van der Waals surface area contributed by atoms with Crippen LogP contribution in [-0.2, 0) is 16.5 Å². The van der Waals surface area contributed by atoms with E-state index in [4.69, 9.17) is 5.73 Å². The third kappa shape index (κ3) is 3.06. The fourth-order valence-corrected chi connectivity index (χ4v) is 3.35. The number of hydrogen-bond acceptors (Lipinski definition) is 6. The van der Waals surface area contributed by atoms with E-state index in [1.807, 2.05) is 0 Å². The fourth-order valence-electron chi connectivity index (χ4n) is 3.35. The number of aliphatic imine (C=N–C) groups is 1. The van der Waals surface area contributed by atoms with Crippen LogP contribution in [0.3, 0.4) is 0 Å². The summed E-state index contributed by atoms with van der Waals surface area (Å²) in [6, 6.07) is 7.60. The first kappa shape index (κ1) is 19.5. The van der Waals surface area contributed by atoms with E-state index in [1.54, 1.807) is 36.7 Å². The van der Waals surface area contributed by atoms with Crippen molar-refractivity contribution in [3.8, 4) is 11.1 Å². The van der Waals surface area contributed by atoms with Crippen LogP contribution in [0.15, 0.2) is 66.4 Å². The Labute approximate surface area is 169 Å². The number of guanidine groups is 1. The molecule has 0 saturated heterocycles. The first-order valence-corrected chi connectivity index (χ1v) is 8.75. The predicted molar refractivity (Wildman–Crippen MR) is 102 cm³/mol. The van der Waals surface area contributed by atoms with E-state index >= 15 is 0 Å². The minimum absolute atomic E-state index is 0.0314. The van der Waals surface area contributed by atoms with Gasteiger partial charge in [-0.15, -0.1) is 0 Å². The van der Waals surface area contributed by atoms with Crippen LogP contribution in [-0.4, -0.2) is 38.8 Å². The van der Waals surface area contributed by atoms with E-state index in [9.17, 15) is 18.0 Å². The summed E-state index contributed by atoms with van der Waals surface area (Å²) < 4.78 is 39.9. The van der Waals surface area contributed by atoms with E-state index < -0.39 is 23.2 Å². The Morgan fingerprint density at radius 3 is 2.33 bits per heavy atom. The largest absolute Gasteiger partial charge is 0.417 e. The Balaban J connectivity index is 1.95. The van der Waals surface area contributed by atoms with Gasteiger partial charge in [0.05, 0.1) is 5.56 Å². The van der Waals surface area contributed by atoms with E-state index in [1.165, 1.54) is 19.6 Å². The highest BCUT2D eigenvalue weighted by Crippen LogP contribution is 2.41. The Kier molecular flexibility index (Phi) is 4.49. The number of likely N-dealkylation sites (N-methyl/N-ethyl adjacent to an activating group) is 1. The molecule has 30 heavy (non-hydrogen) atoms. The topological polar surface area (TPSA) is 97.4 Å². The number of pyridine rings is 1. The predicted octanol–water partition coefficient (Wildman–Crippen LogP) is 2.59. The van der Waals surface area contributed by atoms with Crippen molar-refractivity contribution in [2.24, 2.45) is 10.7 Å². The average molecular weight is 412 g/mol. The summed E-state index contributed by atoms with van der Waals surface area (Å²) in [5.41, 5.74) is 4.77. The molecule has 3 heterocycles. The Morgan fingerprint density at radius 1 is 0.967 bits per heavy atom. The van der Waals surface area contributed by atoms with Crippen molar-refractivity contribution in [3.05, 3.63) is 78.1 Å². The van der Waals surface area contributed by atoms with Crippen molar-refractivity contribution in [1.29, 1.82) is 0 Å². The third-order valence-corrected chi connectivity index (χ3v) is 4.90. The zero-order valence-corrected chi connectivity index (χ0v) is 15.6. The molecule has 1 aromatic carbocycles. The number of aromatic nitrogens is 3. The van der Waals surface area contributed by atoms with Gasteiger partial charge in [-0.25, -0.2) is 15.0 Å². The second-order valence-electron chi connectivity index (χ2n) is 6.71. The highest BCUT2D eigenvalue weighted by molar-refractivity contribution is 6.09. The van der Waals surface area contributed by atoms with Gasteiger partial charge in [-0.2, -0.15) is 13.2 Å². The summed E-state index contributed by atoms with van der Waals surface area (Å²) in [7, 11) is 1.42. The van der Waals surface area contributed by atoms with Crippen LogP contribution in [0.2, 0.25) is 0 Å². The lowest BCUT2D eigenvalue weighted by Crippen LogP contribution is -2.41. The molecule has 0 fully saturated rings. The van der Waals surface area contributed by atoms with Crippen LogP contribution in [0.25, 0.3) is 11.1 Å². The fraction of sp³-hybridized carbons (Fsp3) is 0.150. The molecule has 3 aromatic rings. The van der Waals surface area contributed by atoms with Gasteiger partial charge in [0.1, 0.15) is 6.33 Å². The maximum absolute atomic E-state index is 13.3. The van der Waals surface area contributed by atoms with Gasteiger partial charge in [-0.3, -0.25) is 14.7 Å². The summed E-state index contributed by atoms with van der Waals surface area (Å²) in [5, 5.41) is 0. The zero-order chi connectivity index (χ0) is 21.5. The second-order valence-corrected chi connectivity index (χ2v) is 6.71. The van der Waals surface area contributed by atoms with Crippen LogP contribution in [0.1, 0.15) is 16.7 Å². The number of nitrogens with two attached hydrogens (primary N) is 1. The molecule has 0 saturated carbocycles. The van der Waals surface area contributed by atoms with Crippen LogP contribution in [0.4, 0.5) is 13.2 Å². The number of amides is 1. The molecular formula is C20H15F3N6O. The summed E-state index contributed by atoms with van der Waals surface area (Å²) in [5.74, 6) is -0.687. The standard InChI is InChI=1S/C20H15F3N6O/c1-29-17(30)19(28-18(29)24,15-6-16(10-25-9-15)20(21,22)23)14-4-2-3-12(5-14)13-7-26-11-27-8-13/h2-11H,1H3,(H2,24,28). The molecule has 1 aliphatic rings. The maximum atomic E-state index is 13.3. The smallest absolute Gasteiger partial charge is 0.369 e. The molecule has 7 nitrogen and oxygen atoms in total. The van der Waals surface area contributed by atoms with Gasteiger partial charge in [0.25, 0.3) is 5.91 Å². The van der Waals surface area contributed by atoms with Gasteiger partial charge in [0.2, 0.25) is 0 Å². The van der Waals surface area contributed by atoms with Gasteiger partial charge >= 0.3 is 6.18 Å². The molecular weight excluding hydrogens is 397 g/mol. The number of alkyl halides is 3. The van der Waals surface area contributed by atoms with Crippen molar-refractivity contribution in [2.45, 2.75) is 11.7 Å². The monoisotopic (exact) mass is 412 g/mol. The molecule has 0 aliphatic carbocycles. The Hall–Kier alpha value is -3.82. The summed E-state index contributed by atoms with van der Waals surface area (Å²) >= 11 is 0. The lowest BCUT2D eigenvalue weighted by Gasteiger charge is -2.26. The molecule has 2 N–H and O–H groups in total. The van der Waals surface area contributed by atoms with Gasteiger partial charge < -0.3 is 5.73 Å². The molecule has 4 rings (SSSR count). The normalized spacial score (nSPS) is 19.1. The second kappa shape index (κ2) is 6.90. The van der Waals surface area contributed by atoms with Crippen LogP contribution >= 0.6 is 0 Å². The molecule has 10 heteroatoms.